The quantitative estimate of drug-likeness (QED) is 0.404. The predicted molar refractivity (Wildman–Crippen MR) is 102 cm³/mol. The first-order valence-electron chi connectivity index (χ1n) is 8.69. The summed E-state index contributed by atoms with van der Waals surface area (Å²) in [6, 6.07) is 2.40. The first-order chi connectivity index (χ1) is 14.1. The van der Waals surface area contributed by atoms with Gasteiger partial charge in [0.05, 0.1) is 39.2 Å². The maximum atomic E-state index is 14.9. The molecule has 0 bridgehead atoms. The molecule has 1 atom stereocenters. The summed E-state index contributed by atoms with van der Waals surface area (Å²) in [4.78, 5) is 22.2. The van der Waals surface area contributed by atoms with Crippen molar-refractivity contribution in [2.75, 3.05) is 34.5 Å². The van der Waals surface area contributed by atoms with Gasteiger partial charge >= 0.3 is 11.9 Å². The highest BCUT2D eigenvalue weighted by molar-refractivity contribution is 7.19. The molecule has 0 N–H and O–H groups in total. The Labute approximate surface area is 174 Å². The van der Waals surface area contributed by atoms with E-state index in [0.717, 1.165) is 13.2 Å². The van der Waals surface area contributed by atoms with Crippen LogP contribution < -0.4 is 9.47 Å². The van der Waals surface area contributed by atoms with Crippen molar-refractivity contribution in [1.82, 2.24) is 0 Å². The highest BCUT2D eigenvalue weighted by Gasteiger charge is 2.40. The van der Waals surface area contributed by atoms with Crippen molar-refractivity contribution in [2.24, 2.45) is 0 Å². The fourth-order valence-corrected chi connectivity index (χ4v) is 3.74. The van der Waals surface area contributed by atoms with Gasteiger partial charge in [0.15, 0.2) is 23.4 Å². The summed E-state index contributed by atoms with van der Waals surface area (Å²) in [5, 5.41) is -0.0577. The Balaban J connectivity index is 2.28. The van der Waals surface area contributed by atoms with Gasteiger partial charge in [-0.1, -0.05) is 0 Å². The van der Waals surface area contributed by atoms with E-state index in [0.29, 0.717) is 11.3 Å². The van der Waals surface area contributed by atoms with E-state index in [1.54, 1.807) is 0 Å². The monoisotopic (exact) mass is 450 g/mol. The molecule has 0 saturated heterocycles. The van der Waals surface area contributed by atoms with Crippen LogP contribution >= 0.6 is 11.3 Å². The molecule has 0 unspecified atom stereocenters. The van der Waals surface area contributed by atoms with Crippen LogP contribution in [0, 0.1) is 5.82 Å². The van der Waals surface area contributed by atoms with Gasteiger partial charge in [-0.2, -0.15) is 0 Å². The zero-order chi connectivity index (χ0) is 22.5. The molecule has 1 aromatic heterocycles. The molecule has 0 aliphatic carbocycles. The predicted octanol–water partition coefficient (Wildman–Crippen LogP) is 3.66. The number of rotatable bonds is 10. The minimum absolute atomic E-state index is 0.0577. The minimum atomic E-state index is -3.53. The van der Waals surface area contributed by atoms with Crippen LogP contribution in [-0.4, -0.2) is 52.6 Å². The number of methoxy groups -OCH3 is 3. The number of carbonyl (C=O) groups excluding carboxylic acids is 2. The average Bonchev–Trinajstić information content (AvgIpc) is 3.14. The Hall–Kier alpha value is -2.53. The second-order valence-corrected chi connectivity index (χ2v) is 7.16. The van der Waals surface area contributed by atoms with Crippen LogP contribution in [0.15, 0.2) is 12.1 Å². The summed E-state index contributed by atoms with van der Waals surface area (Å²) < 4.78 is 69.0. The lowest BCUT2D eigenvalue weighted by Crippen LogP contribution is -2.33. The van der Waals surface area contributed by atoms with Crippen LogP contribution in [0.4, 0.5) is 13.2 Å². The largest absolute Gasteiger partial charge is 0.493 e. The third-order valence-electron chi connectivity index (χ3n) is 4.08. The van der Waals surface area contributed by atoms with Crippen molar-refractivity contribution in [1.29, 1.82) is 0 Å². The molecular formula is C19H21F3O7S. The number of thiophene rings is 1. The van der Waals surface area contributed by atoms with Gasteiger partial charge in [-0.25, -0.2) is 18.0 Å². The van der Waals surface area contributed by atoms with Gasteiger partial charge in [-0.3, -0.25) is 4.79 Å². The van der Waals surface area contributed by atoms with Crippen molar-refractivity contribution in [3.8, 4) is 11.5 Å². The third-order valence-corrected chi connectivity index (χ3v) is 5.27. The van der Waals surface area contributed by atoms with Gasteiger partial charge in [0.1, 0.15) is 6.61 Å². The molecule has 2 aromatic rings. The summed E-state index contributed by atoms with van der Waals surface area (Å²) in [5.41, 5.74) is 0. The summed E-state index contributed by atoms with van der Waals surface area (Å²) in [6.45, 7) is 0.698. The highest BCUT2D eigenvalue weighted by atomic mass is 32.1. The van der Waals surface area contributed by atoms with Gasteiger partial charge in [-0.15, -0.1) is 11.3 Å². The Morgan fingerprint density at radius 2 is 1.83 bits per heavy atom. The summed E-state index contributed by atoms with van der Waals surface area (Å²) in [5.74, 6) is -6.06. The standard InChI is InChI=1S/C19H21F3O7S/c1-10(23)28-5-6-29-13(18(24)27-4)9-19(21,22)15-7-11-14(30-15)8-12(25-2)17(26-3)16(11)20/h7-8,13H,5-6,9H2,1-4H3/t13-/m0/s1. The fourth-order valence-electron chi connectivity index (χ4n) is 2.67. The molecule has 0 aliphatic rings. The first-order valence-corrected chi connectivity index (χ1v) is 9.51. The zero-order valence-corrected chi connectivity index (χ0v) is 17.6. The van der Waals surface area contributed by atoms with Crippen molar-refractivity contribution >= 4 is 33.4 Å². The Morgan fingerprint density at radius 3 is 2.40 bits per heavy atom. The molecule has 0 spiro atoms. The Kier molecular flexibility index (Phi) is 7.90. The van der Waals surface area contributed by atoms with E-state index < -0.39 is 41.1 Å². The molecule has 1 aromatic carbocycles. The fraction of sp³-hybridized carbons (Fsp3) is 0.474. The van der Waals surface area contributed by atoms with E-state index in [2.05, 4.69) is 9.47 Å². The van der Waals surface area contributed by atoms with E-state index in [4.69, 9.17) is 14.2 Å². The molecular weight excluding hydrogens is 429 g/mol. The van der Waals surface area contributed by atoms with Crippen molar-refractivity contribution < 1.29 is 46.4 Å². The van der Waals surface area contributed by atoms with Crippen molar-refractivity contribution in [2.45, 2.75) is 25.4 Å². The number of carbonyl (C=O) groups is 2. The van der Waals surface area contributed by atoms with E-state index >= 15 is 0 Å². The number of esters is 2. The van der Waals surface area contributed by atoms with E-state index in [1.165, 1.54) is 27.2 Å². The molecule has 30 heavy (non-hydrogen) atoms. The molecule has 7 nitrogen and oxygen atoms in total. The number of fused-ring (bicyclic) bond motifs is 1. The molecule has 0 fully saturated rings. The topological polar surface area (TPSA) is 80.3 Å². The second kappa shape index (κ2) is 9.98. The van der Waals surface area contributed by atoms with Gasteiger partial charge in [0.2, 0.25) is 0 Å². The Morgan fingerprint density at radius 1 is 1.13 bits per heavy atom. The van der Waals surface area contributed by atoms with Crippen LogP contribution in [-0.2, 0) is 29.7 Å². The highest BCUT2D eigenvalue weighted by Crippen LogP contribution is 2.45. The molecule has 0 radical (unpaired) electrons. The lowest BCUT2D eigenvalue weighted by Gasteiger charge is -2.21. The maximum absolute atomic E-state index is 14.9. The van der Waals surface area contributed by atoms with Crippen molar-refractivity contribution in [3.05, 3.63) is 22.8 Å². The Bertz CT molecular complexity index is 913. The summed E-state index contributed by atoms with van der Waals surface area (Å²) in [6.07, 6.45) is -2.65. The van der Waals surface area contributed by atoms with Gasteiger partial charge < -0.3 is 23.7 Å². The number of hydrogen-bond donors (Lipinski definition) is 0. The zero-order valence-electron chi connectivity index (χ0n) is 16.8. The number of hydrogen-bond acceptors (Lipinski definition) is 8. The third kappa shape index (κ3) is 5.33. The lowest BCUT2D eigenvalue weighted by molar-refractivity contribution is -0.163. The molecule has 1 heterocycles. The van der Waals surface area contributed by atoms with Gasteiger partial charge in [0, 0.05) is 23.1 Å². The number of alkyl halides is 2. The van der Waals surface area contributed by atoms with Crippen LogP contribution in [0.25, 0.3) is 10.1 Å². The van der Waals surface area contributed by atoms with Gasteiger partial charge in [-0.05, 0) is 6.07 Å². The van der Waals surface area contributed by atoms with E-state index in [9.17, 15) is 22.8 Å². The van der Waals surface area contributed by atoms with Crippen LogP contribution in [0.3, 0.4) is 0 Å². The maximum Gasteiger partial charge on any atom is 0.335 e. The summed E-state index contributed by atoms with van der Waals surface area (Å²) in [7, 11) is 3.58. The average molecular weight is 450 g/mol. The molecule has 11 heteroatoms. The molecule has 166 valence electrons. The molecule has 2 rings (SSSR count). The first kappa shape index (κ1) is 23.7. The molecule has 0 saturated carbocycles. The molecule has 0 amide bonds. The van der Waals surface area contributed by atoms with Gasteiger partial charge in [0.25, 0.3) is 5.92 Å². The summed E-state index contributed by atoms with van der Waals surface area (Å²) >= 11 is 0.658. The normalized spacial score (nSPS) is 12.5. The van der Waals surface area contributed by atoms with Crippen LogP contribution in [0.1, 0.15) is 18.2 Å². The van der Waals surface area contributed by atoms with E-state index in [-0.39, 0.29) is 34.8 Å². The van der Waals surface area contributed by atoms with E-state index in [1.807, 2.05) is 0 Å². The SMILES string of the molecule is COC(=O)[C@H](CC(F)(F)c1cc2c(F)c(OC)c(OC)cc2s1)OCCOC(C)=O. The van der Waals surface area contributed by atoms with Crippen molar-refractivity contribution in [3.63, 3.8) is 0 Å². The number of ether oxygens (including phenoxy) is 5. The molecule has 0 aliphatic heterocycles. The number of halogens is 3. The minimum Gasteiger partial charge on any atom is -0.493 e. The van der Waals surface area contributed by atoms with Crippen LogP contribution in [0.5, 0.6) is 11.5 Å². The second-order valence-electron chi connectivity index (χ2n) is 6.08. The number of benzene rings is 1. The smallest absolute Gasteiger partial charge is 0.335 e. The lowest BCUT2D eigenvalue weighted by atomic mass is 10.1. The van der Waals surface area contributed by atoms with Crippen LogP contribution in [0.2, 0.25) is 0 Å².